The first-order chi connectivity index (χ1) is 14.7. The van der Waals surface area contributed by atoms with E-state index in [9.17, 15) is 0 Å². The van der Waals surface area contributed by atoms with Gasteiger partial charge in [0, 0.05) is 0 Å². The summed E-state index contributed by atoms with van der Waals surface area (Å²) in [6, 6.07) is 0. The third-order valence-corrected chi connectivity index (χ3v) is 6.50. The smallest absolute Gasteiger partial charge is 0.0786 e. The fourth-order valence-corrected chi connectivity index (χ4v) is 4.28. The van der Waals surface area contributed by atoms with Crippen molar-refractivity contribution >= 4 is 49.6 Å². The summed E-state index contributed by atoms with van der Waals surface area (Å²) in [4.78, 5) is 0. The predicted octanol–water partition coefficient (Wildman–Crippen LogP) is 10.6. The minimum absolute atomic E-state index is 0. The molecule has 0 bridgehead atoms. The molecule has 0 saturated heterocycles. The van der Waals surface area contributed by atoms with Crippen LogP contribution in [0.5, 0.6) is 0 Å². The summed E-state index contributed by atoms with van der Waals surface area (Å²) in [6.45, 7) is 18.2. The van der Waals surface area contributed by atoms with Crippen LogP contribution in [0.1, 0.15) is 150 Å². The molecule has 0 atom stereocenters. The zero-order valence-electron chi connectivity index (χ0n) is 23.9. The minimum Gasteiger partial charge on any atom is -0.330 e. The third-order valence-electron chi connectivity index (χ3n) is 6.50. The van der Waals surface area contributed by atoms with Crippen LogP contribution in [0.3, 0.4) is 0 Å². The molecule has 0 radical (unpaired) electrons. The molecule has 0 spiro atoms. The second kappa shape index (κ2) is 41.2. The normalized spacial score (nSPS) is 10.1. The van der Waals surface area contributed by atoms with E-state index < -0.39 is 0 Å². The molecular weight excluding hydrogens is 506 g/mol. The summed E-state index contributed by atoms with van der Waals surface area (Å²) in [6.07, 6.45) is 25.0. The number of quaternary nitrogens is 1. The van der Waals surface area contributed by atoms with Gasteiger partial charge in [0.1, 0.15) is 0 Å². The third kappa shape index (κ3) is 35.2. The van der Waals surface area contributed by atoms with Gasteiger partial charge < -0.3 is 10.2 Å². The van der Waals surface area contributed by atoms with E-state index in [0.717, 1.165) is 6.54 Å². The van der Waals surface area contributed by atoms with Crippen molar-refractivity contribution in [2.45, 2.75) is 150 Å². The van der Waals surface area contributed by atoms with E-state index in [4.69, 9.17) is 5.73 Å². The van der Waals surface area contributed by atoms with Crippen molar-refractivity contribution in [3.63, 3.8) is 0 Å². The van der Waals surface area contributed by atoms with Gasteiger partial charge in [-0.2, -0.15) is 0 Å². The average Bonchev–Trinajstić information content (AvgIpc) is 2.77. The first kappa shape index (κ1) is 48.2. The molecule has 34 heavy (non-hydrogen) atoms. The molecule has 0 aliphatic rings. The Kier molecular flexibility index (Phi) is 58.4. The zero-order valence-corrected chi connectivity index (χ0v) is 27.2. The number of hydrogen-bond donors (Lipinski definition) is 1. The van der Waals surface area contributed by atoms with Gasteiger partial charge in [-0.25, -0.2) is 0 Å². The summed E-state index contributed by atoms with van der Waals surface area (Å²) in [5.41, 5.74) is 5.42. The van der Waals surface area contributed by atoms with Crippen molar-refractivity contribution in [3.8, 4) is 0 Å². The number of nitrogens with zero attached hydrogens (tertiary/aromatic N) is 1. The Morgan fingerprint density at radius 1 is 0.353 bits per heavy atom. The summed E-state index contributed by atoms with van der Waals surface area (Å²) in [5, 5.41) is 0. The van der Waals surface area contributed by atoms with Crippen molar-refractivity contribution in [2.24, 2.45) is 5.73 Å². The van der Waals surface area contributed by atoms with Gasteiger partial charge in [0.05, 0.1) is 26.2 Å². The summed E-state index contributed by atoms with van der Waals surface area (Å²) in [7, 11) is 0. The zero-order chi connectivity index (χ0) is 22.8. The molecule has 0 aromatic heterocycles. The molecule has 0 saturated carbocycles. The van der Waals surface area contributed by atoms with Crippen molar-refractivity contribution < 1.29 is 4.48 Å². The second-order valence-corrected chi connectivity index (χ2v) is 9.62. The Morgan fingerprint density at radius 2 is 0.588 bits per heavy atom. The molecule has 0 unspecified atom stereocenters. The molecule has 216 valence electrons. The van der Waals surface area contributed by atoms with Gasteiger partial charge in [-0.05, 0) is 38.6 Å². The van der Waals surface area contributed by atoms with Gasteiger partial charge in [-0.15, -0.1) is 49.6 Å². The number of nitrogens with two attached hydrogens (primary N) is 1. The Labute approximate surface area is 242 Å². The van der Waals surface area contributed by atoms with E-state index >= 15 is 0 Å². The topological polar surface area (TPSA) is 26.0 Å². The molecule has 0 rings (SSSR count). The first-order valence-electron chi connectivity index (χ1n) is 14.2. The van der Waals surface area contributed by atoms with Gasteiger partial charge in [0.25, 0.3) is 0 Å². The monoisotopic (exact) mass is 571 g/mol. The van der Waals surface area contributed by atoms with Gasteiger partial charge in [-0.1, -0.05) is 118 Å². The molecule has 6 heteroatoms. The molecule has 0 amide bonds. The molecule has 0 aliphatic carbocycles. The maximum Gasteiger partial charge on any atom is 0.0786 e. The maximum absolute atomic E-state index is 5.42. The highest BCUT2D eigenvalue weighted by Crippen LogP contribution is 2.16. The number of rotatable bonds is 22. The van der Waals surface area contributed by atoms with E-state index in [1.54, 1.807) is 0 Å². The van der Waals surface area contributed by atoms with Gasteiger partial charge in [0.2, 0.25) is 0 Å². The van der Waals surface area contributed by atoms with E-state index in [-0.39, 0.29) is 49.6 Å². The van der Waals surface area contributed by atoms with Gasteiger partial charge in [-0.3, -0.25) is 0 Å². The lowest BCUT2D eigenvalue weighted by Crippen LogP contribution is -2.50. The number of unbranched alkanes of at least 4 members (excludes halogenated alkanes) is 13. The van der Waals surface area contributed by atoms with E-state index in [2.05, 4.69) is 34.6 Å². The van der Waals surface area contributed by atoms with Crippen molar-refractivity contribution in [3.05, 3.63) is 0 Å². The average molecular weight is 574 g/mol. The van der Waals surface area contributed by atoms with E-state index in [1.807, 2.05) is 0 Å². The fourth-order valence-electron chi connectivity index (χ4n) is 4.28. The van der Waals surface area contributed by atoms with Crippen LogP contribution >= 0.6 is 49.6 Å². The lowest BCUT2D eigenvalue weighted by Gasteiger charge is -2.39. The first-order valence-corrected chi connectivity index (χ1v) is 14.2. The van der Waals surface area contributed by atoms with Crippen LogP contribution < -0.4 is 5.73 Å². The molecule has 0 aromatic rings. The SMILES string of the molecule is CCCCCCCCCCCCN.CCCC[N+](CCCC)(CCCC)CCCC.Cl.Cl.Cl.Cl. The van der Waals surface area contributed by atoms with Crippen LogP contribution in [0.4, 0.5) is 0 Å². The second-order valence-electron chi connectivity index (χ2n) is 9.62. The van der Waals surface area contributed by atoms with E-state index in [0.29, 0.717) is 0 Å². The summed E-state index contributed by atoms with van der Waals surface area (Å²) >= 11 is 0. The largest absolute Gasteiger partial charge is 0.330 e. The predicted molar refractivity (Wildman–Crippen MR) is 169 cm³/mol. The Bertz CT molecular complexity index is 261. The Balaban J connectivity index is -0.000000106. The molecule has 0 fully saturated rings. The standard InChI is InChI=1S/C16H36N.C12H27N.4ClH/c1-5-9-13-17(14-10-6-2,15-11-7-3)16-12-8-4;1-2-3-4-5-6-7-8-9-10-11-12-13;;;;/h5-16H2,1-4H3;2-13H2,1H3;4*1H/q+1;;;;;. The lowest BCUT2D eigenvalue weighted by molar-refractivity contribution is -0.929. The van der Waals surface area contributed by atoms with Crippen molar-refractivity contribution in [2.75, 3.05) is 32.7 Å². The maximum atomic E-state index is 5.42. The Hall–Kier alpha value is 1.08. The van der Waals surface area contributed by atoms with Crippen LogP contribution in [0.15, 0.2) is 0 Å². The van der Waals surface area contributed by atoms with Crippen LogP contribution in [-0.2, 0) is 0 Å². The Morgan fingerprint density at radius 3 is 0.824 bits per heavy atom. The summed E-state index contributed by atoms with van der Waals surface area (Å²) < 4.78 is 1.42. The van der Waals surface area contributed by atoms with Crippen LogP contribution in [0, 0.1) is 0 Å². The van der Waals surface area contributed by atoms with Crippen molar-refractivity contribution in [1.29, 1.82) is 0 Å². The van der Waals surface area contributed by atoms with Crippen LogP contribution in [0.25, 0.3) is 0 Å². The highest BCUT2D eigenvalue weighted by Gasteiger charge is 2.24. The molecule has 2 N–H and O–H groups in total. The van der Waals surface area contributed by atoms with Crippen LogP contribution in [0.2, 0.25) is 0 Å². The van der Waals surface area contributed by atoms with Gasteiger partial charge in [0.15, 0.2) is 0 Å². The molecule has 0 aromatic carbocycles. The minimum atomic E-state index is 0. The van der Waals surface area contributed by atoms with Gasteiger partial charge >= 0.3 is 0 Å². The molecular formula is C28H67Cl4N2+. The van der Waals surface area contributed by atoms with E-state index in [1.165, 1.54) is 146 Å². The summed E-state index contributed by atoms with van der Waals surface area (Å²) in [5.74, 6) is 0. The molecule has 0 aliphatic heterocycles. The fraction of sp³-hybridized carbons (Fsp3) is 1.00. The quantitative estimate of drug-likeness (QED) is 0.101. The number of hydrogen-bond acceptors (Lipinski definition) is 1. The highest BCUT2D eigenvalue weighted by atomic mass is 35.5. The lowest BCUT2D eigenvalue weighted by atomic mass is 10.1. The molecule has 0 heterocycles. The highest BCUT2D eigenvalue weighted by molar-refractivity contribution is 5.86. The van der Waals surface area contributed by atoms with Crippen LogP contribution in [-0.4, -0.2) is 37.2 Å². The van der Waals surface area contributed by atoms with Crippen molar-refractivity contribution in [1.82, 2.24) is 0 Å². The number of halogens is 4. The molecule has 2 nitrogen and oxygen atoms in total.